The van der Waals surface area contributed by atoms with Crippen LogP contribution in [0.4, 0.5) is 5.69 Å². The Hall–Kier alpha value is -2.72. The number of benzene rings is 2. The molecule has 10 heteroatoms. The molecule has 0 aliphatic rings. The van der Waals surface area contributed by atoms with Crippen LogP contribution in [0.1, 0.15) is 16.1 Å². The van der Waals surface area contributed by atoms with Crippen LogP contribution in [0.3, 0.4) is 0 Å². The van der Waals surface area contributed by atoms with E-state index in [-0.39, 0.29) is 17.2 Å². The van der Waals surface area contributed by atoms with Crippen molar-refractivity contribution in [2.75, 3.05) is 7.11 Å². The van der Waals surface area contributed by atoms with E-state index in [1.165, 1.54) is 19.4 Å². The third kappa shape index (κ3) is 4.17. The van der Waals surface area contributed by atoms with Crippen LogP contribution in [0.2, 0.25) is 0 Å². The molecule has 27 heavy (non-hydrogen) atoms. The zero-order chi connectivity index (χ0) is 19.6. The van der Waals surface area contributed by atoms with Crippen molar-refractivity contribution < 1.29 is 18.9 Å². The number of hydrazone groups is 1. The van der Waals surface area contributed by atoms with E-state index in [1.54, 1.807) is 24.3 Å². The maximum absolute atomic E-state index is 12.2. The second kappa shape index (κ2) is 7.89. The Morgan fingerprint density at radius 2 is 2.07 bits per heavy atom. The average molecular weight is 497 g/mol. The molecular formula is C17H11Br2N3O5. The SMILES string of the molecule is COc1c(Br)cc(/C=N/NC(=O)c2cc3cc(Br)ccc3o2)cc1[N+](=O)[O-]. The number of furan rings is 1. The maximum atomic E-state index is 12.2. The summed E-state index contributed by atoms with van der Waals surface area (Å²) in [6.07, 6.45) is 1.29. The first-order chi connectivity index (χ1) is 12.9. The standard InChI is InChI=1S/C17H11Br2N3O5/c1-26-16-12(19)4-9(5-13(16)22(24)25)8-20-21-17(23)15-7-10-6-11(18)2-3-14(10)27-15/h2-8H,1H3,(H,21,23)/b20-8+. The highest BCUT2D eigenvalue weighted by atomic mass is 79.9. The number of amides is 1. The summed E-state index contributed by atoms with van der Waals surface area (Å²) in [4.78, 5) is 22.7. The van der Waals surface area contributed by atoms with Gasteiger partial charge < -0.3 is 9.15 Å². The lowest BCUT2D eigenvalue weighted by Crippen LogP contribution is -2.16. The molecule has 2 aromatic carbocycles. The largest absolute Gasteiger partial charge is 0.489 e. The number of methoxy groups -OCH3 is 1. The summed E-state index contributed by atoms with van der Waals surface area (Å²) in [7, 11) is 1.34. The van der Waals surface area contributed by atoms with Crippen LogP contribution in [0.15, 0.2) is 54.9 Å². The van der Waals surface area contributed by atoms with Crippen LogP contribution < -0.4 is 10.2 Å². The minimum Gasteiger partial charge on any atom is -0.489 e. The Labute approximate surface area is 169 Å². The van der Waals surface area contributed by atoms with Crippen LogP contribution in [0.25, 0.3) is 11.0 Å². The van der Waals surface area contributed by atoms with Gasteiger partial charge in [-0.15, -0.1) is 0 Å². The van der Waals surface area contributed by atoms with E-state index in [2.05, 4.69) is 42.4 Å². The van der Waals surface area contributed by atoms with Crippen molar-refractivity contribution in [1.29, 1.82) is 0 Å². The number of fused-ring (bicyclic) bond motifs is 1. The summed E-state index contributed by atoms with van der Waals surface area (Å²) in [6.45, 7) is 0. The number of nitro groups is 1. The Kier molecular flexibility index (Phi) is 5.57. The monoisotopic (exact) mass is 495 g/mol. The number of ether oxygens (including phenoxy) is 1. The zero-order valence-electron chi connectivity index (χ0n) is 13.7. The van der Waals surface area contributed by atoms with Crippen molar-refractivity contribution in [2.45, 2.75) is 0 Å². The van der Waals surface area contributed by atoms with E-state index in [4.69, 9.17) is 9.15 Å². The van der Waals surface area contributed by atoms with Crippen molar-refractivity contribution in [3.8, 4) is 5.75 Å². The third-order valence-corrected chi connectivity index (χ3v) is 4.61. The highest BCUT2D eigenvalue weighted by Crippen LogP contribution is 2.35. The first-order valence-corrected chi connectivity index (χ1v) is 9.02. The average Bonchev–Trinajstić information content (AvgIpc) is 3.04. The van der Waals surface area contributed by atoms with Gasteiger partial charge in [0.25, 0.3) is 0 Å². The summed E-state index contributed by atoms with van der Waals surface area (Å²) in [5.41, 5.74) is 3.09. The first-order valence-electron chi connectivity index (χ1n) is 7.43. The van der Waals surface area contributed by atoms with Gasteiger partial charge in [-0.1, -0.05) is 15.9 Å². The van der Waals surface area contributed by atoms with Gasteiger partial charge in [0, 0.05) is 21.5 Å². The van der Waals surface area contributed by atoms with E-state index in [0.717, 1.165) is 9.86 Å². The molecule has 1 amide bonds. The molecule has 3 aromatic rings. The lowest BCUT2D eigenvalue weighted by Gasteiger charge is -2.05. The number of halogens is 2. The van der Waals surface area contributed by atoms with Gasteiger partial charge in [0.1, 0.15) is 5.58 Å². The van der Waals surface area contributed by atoms with Crippen molar-refractivity contribution >= 4 is 60.6 Å². The van der Waals surface area contributed by atoms with E-state index in [0.29, 0.717) is 15.6 Å². The first kappa shape index (κ1) is 19.1. The van der Waals surface area contributed by atoms with Crippen LogP contribution in [0.5, 0.6) is 5.75 Å². The van der Waals surface area contributed by atoms with E-state index in [1.807, 2.05) is 6.07 Å². The minimum atomic E-state index is -0.563. The number of nitrogens with zero attached hydrogens (tertiary/aromatic N) is 2. The highest BCUT2D eigenvalue weighted by Gasteiger charge is 2.19. The summed E-state index contributed by atoms with van der Waals surface area (Å²) in [6, 6.07) is 9.85. The van der Waals surface area contributed by atoms with E-state index >= 15 is 0 Å². The lowest BCUT2D eigenvalue weighted by molar-refractivity contribution is -0.385. The fraction of sp³-hybridized carbons (Fsp3) is 0.0588. The predicted octanol–water partition coefficient (Wildman–Crippen LogP) is 4.64. The van der Waals surface area contributed by atoms with Gasteiger partial charge in [0.05, 0.1) is 22.7 Å². The molecule has 3 rings (SSSR count). The van der Waals surface area contributed by atoms with E-state index < -0.39 is 10.8 Å². The maximum Gasteiger partial charge on any atom is 0.312 e. The van der Waals surface area contributed by atoms with Gasteiger partial charge >= 0.3 is 11.6 Å². The van der Waals surface area contributed by atoms with Crippen molar-refractivity contribution in [2.24, 2.45) is 5.10 Å². The highest BCUT2D eigenvalue weighted by molar-refractivity contribution is 9.10. The molecule has 0 fully saturated rings. The zero-order valence-corrected chi connectivity index (χ0v) is 16.9. The molecule has 0 aliphatic carbocycles. The van der Waals surface area contributed by atoms with Gasteiger partial charge in [-0.05, 0) is 46.3 Å². The Bertz CT molecular complexity index is 1080. The van der Waals surface area contributed by atoms with Crippen LogP contribution in [0, 0.1) is 10.1 Å². The van der Waals surface area contributed by atoms with Crippen molar-refractivity contribution in [3.63, 3.8) is 0 Å². The smallest absolute Gasteiger partial charge is 0.312 e. The van der Waals surface area contributed by atoms with Crippen LogP contribution in [-0.4, -0.2) is 24.2 Å². The quantitative estimate of drug-likeness (QED) is 0.314. The molecule has 0 saturated heterocycles. The second-order valence-corrected chi connectivity index (χ2v) is 7.07. The van der Waals surface area contributed by atoms with Gasteiger partial charge in [0.2, 0.25) is 5.75 Å². The van der Waals surface area contributed by atoms with E-state index in [9.17, 15) is 14.9 Å². The normalized spacial score (nSPS) is 11.1. The Morgan fingerprint density at radius 3 is 2.78 bits per heavy atom. The molecule has 0 unspecified atom stereocenters. The molecule has 1 heterocycles. The fourth-order valence-electron chi connectivity index (χ4n) is 2.36. The number of hydrogen-bond acceptors (Lipinski definition) is 6. The predicted molar refractivity (Wildman–Crippen MR) is 106 cm³/mol. The molecule has 0 saturated carbocycles. The lowest BCUT2D eigenvalue weighted by atomic mass is 10.2. The molecule has 0 aliphatic heterocycles. The molecule has 0 radical (unpaired) electrons. The van der Waals surface area contributed by atoms with Gasteiger partial charge in [-0.25, -0.2) is 5.43 Å². The van der Waals surface area contributed by atoms with Crippen molar-refractivity contribution in [3.05, 3.63) is 66.8 Å². The Morgan fingerprint density at radius 1 is 1.30 bits per heavy atom. The summed E-state index contributed by atoms with van der Waals surface area (Å²) in [5, 5.41) is 15.7. The number of hydrogen-bond donors (Lipinski definition) is 1. The van der Waals surface area contributed by atoms with Crippen LogP contribution in [-0.2, 0) is 0 Å². The second-order valence-electron chi connectivity index (χ2n) is 5.30. The Balaban J connectivity index is 1.78. The molecule has 138 valence electrons. The van der Waals surface area contributed by atoms with Gasteiger partial charge in [0.15, 0.2) is 5.76 Å². The van der Waals surface area contributed by atoms with Crippen molar-refractivity contribution in [1.82, 2.24) is 5.43 Å². The topological polar surface area (TPSA) is 107 Å². The molecule has 0 spiro atoms. The number of carbonyl (C=O) groups is 1. The number of carbonyl (C=O) groups excluding carboxylic acids is 1. The number of nitrogens with one attached hydrogen (secondary N) is 1. The molecule has 0 atom stereocenters. The van der Waals surface area contributed by atoms with Gasteiger partial charge in [-0.3, -0.25) is 14.9 Å². The molecule has 1 aromatic heterocycles. The summed E-state index contributed by atoms with van der Waals surface area (Å²) >= 11 is 6.56. The fourth-order valence-corrected chi connectivity index (χ4v) is 3.37. The third-order valence-electron chi connectivity index (χ3n) is 3.53. The minimum absolute atomic E-state index is 0.0992. The van der Waals surface area contributed by atoms with Gasteiger partial charge in [-0.2, -0.15) is 5.10 Å². The number of rotatable bonds is 5. The molecule has 1 N–H and O–H groups in total. The van der Waals surface area contributed by atoms with Crippen LogP contribution >= 0.6 is 31.9 Å². The molecule has 8 nitrogen and oxygen atoms in total. The summed E-state index contributed by atoms with van der Waals surface area (Å²) < 4.78 is 11.7. The summed E-state index contributed by atoms with van der Waals surface area (Å²) in [5.74, 6) is -0.336. The molecule has 0 bridgehead atoms. The number of nitro benzene ring substituents is 1. The molecular weight excluding hydrogens is 486 g/mol.